The number of methoxy groups -OCH3 is 1. The lowest BCUT2D eigenvalue weighted by atomic mass is 10.1. The van der Waals surface area contributed by atoms with E-state index in [-0.39, 0.29) is 12.4 Å². The second-order valence-electron chi connectivity index (χ2n) is 6.39. The van der Waals surface area contributed by atoms with E-state index in [2.05, 4.69) is 5.32 Å². The molecule has 3 aromatic rings. The van der Waals surface area contributed by atoms with E-state index in [0.717, 1.165) is 41.2 Å². The van der Waals surface area contributed by atoms with Crippen LogP contribution in [0.2, 0.25) is 10.0 Å². The van der Waals surface area contributed by atoms with E-state index in [4.69, 9.17) is 32.7 Å². The van der Waals surface area contributed by atoms with Gasteiger partial charge in [-0.3, -0.25) is 0 Å². The van der Waals surface area contributed by atoms with E-state index < -0.39 is 0 Å². The van der Waals surface area contributed by atoms with Crippen molar-refractivity contribution in [3.63, 3.8) is 0 Å². The first kappa shape index (κ1) is 23.4. The first-order chi connectivity index (χ1) is 13.7. The van der Waals surface area contributed by atoms with Crippen molar-refractivity contribution in [3.8, 4) is 11.5 Å². The van der Waals surface area contributed by atoms with Crippen LogP contribution < -0.4 is 14.8 Å². The first-order valence-corrected chi connectivity index (χ1v) is 9.90. The van der Waals surface area contributed by atoms with Crippen molar-refractivity contribution in [1.29, 1.82) is 0 Å². The van der Waals surface area contributed by atoms with Gasteiger partial charge < -0.3 is 14.8 Å². The summed E-state index contributed by atoms with van der Waals surface area (Å²) in [6.45, 7) is 1.96. The number of nitrogens with one attached hydrogen (secondary N) is 1. The highest BCUT2D eigenvalue weighted by Crippen LogP contribution is 2.32. The van der Waals surface area contributed by atoms with E-state index >= 15 is 0 Å². The lowest BCUT2D eigenvalue weighted by molar-refractivity contribution is 0.280. The monoisotopic (exact) mass is 451 g/mol. The van der Waals surface area contributed by atoms with Crippen molar-refractivity contribution in [2.75, 3.05) is 13.7 Å². The van der Waals surface area contributed by atoms with Crippen molar-refractivity contribution in [2.24, 2.45) is 0 Å². The Kier molecular flexibility index (Phi) is 9.62. The van der Waals surface area contributed by atoms with Gasteiger partial charge in [-0.15, -0.1) is 12.4 Å². The van der Waals surface area contributed by atoms with Crippen LogP contribution in [0, 0.1) is 0 Å². The molecular weight excluding hydrogens is 429 g/mol. The molecule has 0 spiro atoms. The Hall–Kier alpha value is -1.91. The van der Waals surface area contributed by atoms with E-state index in [1.165, 1.54) is 0 Å². The summed E-state index contributed by atoms with van der Waals surface area (Å²) in [5.74, 6) is 1.50. The van der Waals surface area contributed by atoms with Gasteiger partial charge in [0.2, 0.25) is 0 Å². The molecule has 3 aromatic carbocycles. The minimum atomic E-state index is 0. The number of benzene rings is 3. The van der Waals surface area contributed by atoms with Crippen LogP contribution in [0.1, 0.15) is 16.7 Å². The Balaban J connectivity index is 0.00000300. The normalized spacial score (nSPS) is 10.3. The maximum Gasteiger partial charge on any atom is 0.166 e. The van der Waals surface area contributed by atoms with Crippen LogP contribution in [0.5, 0.6) is 11.5 Å². The van der Waals surface area contributed by atoms with Crippen LogP contribution in [0.15, 0.2) is 66.7 Å². The average Bonchev–Trinajstić information content (AvgIpc) is 2.72. The Morgan fingerprint density at radius 2 is 1.69 bits per heavy atom. The van der Waals surface area contributed by atoms with Gasteiger partial charge in [0.05, 0.1) is 7.11 Å². The summed E-state index contributed by atoms with van der Waals surface area (Å²) in [5, 5.41) is 4.80. The Bertz CT molecular complexity index is 904. The van der Waals surface area contributed by atoms with E-state index in [1.54, 1.807) is 13.2 Å². The summed E-state index contributed by atoms with van der Waals surface area (Å²) in [4.78, 5) is 0. The lowest BCUT2D eigenvalue weighted by Gasteiger charge is -2.16. The highest BCUT2D eigenvalue weighted by Gasteiger charge is 2.11. The molecule has 3 rings (SSSR count). The molecule has 0 atom stereocenters. The molecule has 6 heteroatoms. The number of hydrogen-bond acceptors (Lipinski definition) is 3. The molecule has 0 aliphatic carbocycles. The standard InChI is InChI=1S/C23H23Cl2NO2.ClH/c1-27-22-9-5-8-19(23(22)28-16-17-6-3-2-4-7-17)15-26-13-12-18-10-11-20(24)14-21(18)25;/h2-11,14,26H,12-13,15-16H2,1H3;1H. The van der Waals surface area contributed by atoms with Gasteiger partial charge in [0.1, 0.15) is 6.61 Å². The highest BCUT2D eigenvalue weighted by molar-refractivity contribution is 6.35. The van der Waals surface area contributed by atoms with Gasteiger partial charge in [-0.1, -0.05) is 71.7 Å². The van der Waals surface area contributed by atoms with Crippen LogP contribution >= 0.6 is 35.6 Å². The minimum Gasteiger partial charge on any atom is -0.493 e. The second-order valence-corrected chi connectivity index (χ2v) is 7.23. The third-order valence-corrected chi connectivity index (χ3v) is 4.99. The topological polar surface area (TPSA) is 30.5 Å². The summed E-state index contributed by atoms with van der Waals surface area (Å²) in [6.07, 6.45) is 0.820. The molecular formula is C23H24Cl3NO2. The molecule has 0 saturated heterocycles. The molecule has 0 aromatic heterocycles. The molecule has 0 aliphatic rings. The van der Waals surface area contributed by atoms with Crippen molar-refractivity contribution >= 4 is 35.6 Å². The Morgan fingerprint density at radius 1 is 0.897 bits per heavy atom. The fourth-order valence-corrected chi connectivity index (χ4v) is 3.43. The van der Waals surface area contributed by atoms with Gasteiger partial charge in [-0.25, -0.2) is 0 Å². The number of hydrogen-bond donors (Lipinski definition) is 1. The van der Waals surface area contributed by atoms with Crippen molar-refractivity contribution in [1.82, 2.24) is 5.32 Å². The summed E-state index contributed by atoms with van der Waals surface area (Å²) in [5.41, 5.74) is 3.24. The highest BCUT2D eigenvalue weighted by atomic mass is 35.5. The molecule has 0 unspecified atom stereocenters. The minimum absolute atomic E-state index is 0. The predicted octanol–water partition coefficient (Wildman–Crippen LogP) is 6.34. The second kappa shape index (κ2) is 11.9. The number of para-hydroxylation sites is 1. The zero-order valence-corrected chi connectivity index (χ0v) is 18.5. The summed E-state index contributed by atoms with van der Waals surface area (Å²) >= 11 is 12.2. The molecule has 0 saturated carbocycles. The van der Waals surface area contributed by atoms with Crippen LogP contribution in [-0.2, 0) is 19.6 Å². The maximum atomic E-state index is 6.24. The third-order valence-electron chi connectivity index (χ3n) is 4.41. The zero-order chi connectivity index (χ0) is 19.8. The van der Waals surface area contributed by atoms with Crippen LogP contribution in [0.4, 0.5) is 0 Å². The molecule has 0 amide bonds. The fraction of sp³-hybridized carbons (Fsp3) is 0.217. The quantitative estimate of drug-likeness (QED) is 0.384. The average molecular weight is 453 g/mol. The Morgan fingerprint density at radius 3 is 2.41 bits per heavy atom. The maximum absolute atomic E-state index is 6.24. The SMILES string of the molecule is COc1cccc(CNCCc2ccc(Cl)cc2Cl)c1OCc1ccccc1.Cl. The van der Waals surface area contributed by atoms with E-state index in [0.29, 0.717) is 23.2 Å². The van der Waals surface area contributed by atoms with Crippen LogP contribution in [-0.4, -0.2) is 13.7 Å². The smallest absolute Gasteiger partial charge is 0.166 e. The molecule has 0 radical (unpaired) electrons. The molecule has 154 valence electrons. The molecule has 0 aliphatic heterocycles. The lowest BCUT2D eigenvalue weighted by Crippen LogP contribution is -2.17. The van der Waals surface area contributed by atoms with Crippen molar-refractivity contribution in [3.05, 3.63) is 93.5 Å². The molecule has 0 fully saturated rings. The van der Waals surface area contributed by atoms with Gasteiger partial charge in [-0.2, -0.15) is 0 Å². The Labute approximate surface area is 188 Å². The van der Waals surface area contributed by atoms with Gasteiger partial charge in [0.15, 0.2) is 11.5 Å². The molecule has 1 N–H and O–H groups in total. The summed E-state index contributed by atoms with van der Waals surface area (Å²) in [7, 11) is 1.66. The molecule has 0 heterocycles. The number of rotatable bonds is 9. The fourth-order valence-electron chi connectivity index (χ4n) is 2.93. The van der Waals surface area contributed by atoms with Crippen molar-refractivity contribution in [2.45, 2.75) is 19.6 Å². The third kappa shape index (κ3) is 6.83. The molecule has 29 heavy (non-hydrogen) atoms. The van der Waals surface area contributed by atoms with Gasteiger partial charge in [0.25, 0.3) is 0 Å². The van der Waals surface area contributed by atoms with Crippen molar-refractivity contribution < 1.29 is 9.47 Å². The first-order valence-electron chi connectivity index (χ1n) is 9.14. The molecule has 0 bridgehead atoms. The van der Waals surface area contributed by atoms with Crippen LogP contribution in [0.25, 0.3) is 0 Å². The van der Waals surface area contributed by atoms with Gasteiger partial charge >= 0.3 is 0 Å². The zero-order valence-electron chi connectivity index (χ0n) is 16.2. The van der Waals surface area contributed by atoms with E-state index in [9.17, 15) is 0 Å². The van der Waals surface area contributed by atoms with E-state index in [1.807, 2.05) is 60.7 Å². The summed E-state index contributed by atoms with van der Waals surface area (Å²) < 4.78 is 11.6. The van der Waals surface area contributed by atoms with Crippen LogP contribution in [0.3, 0.4) is 0 Å². The summed E-state index contributed by atoms with van der Waals surface area (Å²) in [6, 6.07) is 21.6. The largest absolute Gasteiger partial charge is 0.493 e. The van der Waals surface area contributed by atoms with Gasteiger partial charge in [0, 0.05) is 22.2 Å². The number of halogens is 3. The molecule has 3 nitrogen and oxygen atoms in total. The predicted molar refractivity (Wildman–Crippen MR) is 123 cm³/mol. The van der Waals surface area contributed by atoms with Gasteiger partial charge in [-0.05, 0) is 42.3 Å². The number of ether oxygens (including phenoxy) is 2.